The number of methoxy groups -OCH3 is 1. The molecule has 3 aromatic rings. The van der Waals surface area contributed by atoms with Gasteiger partial charge in [0.25, 0.3) is 0 Å². The minimum Gasteiger partial charge on any atom is -0.488 e. The highest BCUT2D eigenvalue weighted by molar-refractivity contribution is 7.89. The van der Waals surface area contributed by atoms with E-state index in [0.29, 0.717) is 16.9 Å². The second-order valence-corrected chi connectivity index (χ2v) is 13.5. The number of sulfonamides is 1. The van der Waals surface area contributed by atoms with Crippen LogP contribution in [0.25, 0.3) is 0 Å². The summed E-state index contributed by atoms with van der Waals surface area (Å²) in [5, 5.41) is 0. The van der Waals surface area contributed by atoms with Crippen LogP contribution in [0, 0.1) is 18.2 Å². The van der Waals surface area contributed by atoms with Gasteiger partial charge in [-0.2, -0.15) is 4.31 Å². The number of nitrogens with zero attached hydrogens (tertiary/aromatic N) is 2. The molecule has 4 rings (SSSR count). The highest BCUT2D eigenvalue weighted by atomic mass is 32.2. The first kappa shape index (κ1) is 29.8. The standard InChI is InChI=1S/C29H33FN2O6S2/c1-7-21-16-32(40(35,36)25-14-31-11-10-23(25)38-21)15-20-12-19(9-8-17(20)2)26(29(4,5)28(34)37-6)24-13-22(30)27(39-24)18(3)33/h8-14,21,26H,7,15-16H2,1-6H3/t21-,26?/m1/s1. The molecule has 0 amide bonds. The highest BCUT2D eigenvalue weighted by Gasteiger charge is 2.42. The number of rotatable bonds is 8. The maximum absolute atomic E-state index is 14.8. The van der Waals surface area contributed by atoms with Crippen molar-refractivity contribution in [3.8, 4) is 5.75 Å². The molecule has 0 N–H and O–H groups in total. The van der Waals surface area contributed by atoms with E-state index < -0.39 is 38.9 Å². The van der Waals surface area contributed by atoms with Gasteiger partial charge in [-0.25, -0.2) is 12.8 Å². The Hall–Kier alpha value is -3.15. The number of hydrogen-bond acceptors (Lipinski definition) is 8. The molecule has 1 aliphatic heterocycles. The van der Waals surface area contributed by atoms with Crippen molar-refractivity contribution in [1.82, 2.24) is 9.29 Å². The Kier molecular flexibility index (Phi) is 8.49. The number of aromatic nitrogens is 1. The maximum Gasteiger partial charge on any atom is 0.312 e. The van der Waals surface area contributed by atoms with Crippen molar-refractivity contribution < 1.29 is 31.9 Å². The Morgan fingerprint density at radius 3 is 2.62 bits per heavy atom. The van der Waals surface area contributed by atoms with E-state index in [4.69, 9.17) is 9.47 Å². The van der Waals surface area contributed by atoms with Gasteiger partial charge in [0.05, 0.1) is 25.3 Å². The molecular formula is C29H33FN2O6S2. The van der Waals surface area contributed by atoms with Crippen LogP contribution in [0.4, 0.5) is 4.39 Å². The number of benzene rings is 1. The van der Waals surface area contributed by atoms with Crippen LogP contribution >= 0.6 is 11.3 Å². The number of halogens is 1. The molecule has 0 bridgehead atoms. The molecule has 0 saturated heterocycles. The maximum atomic E-state index is 14.8. The average Bonchev–Trinajstić information content (AvgIpc) is 3.25. The van der Waals surface area contributed by atoms with Gasteiger partial charge in [0.1, 0.15) is 27.4 Å². The molecule has 0 saturated carbocycles. The first-order valence-corrected chi connectivity index (χ1v) is 15.2. The van der Waals surface area contributed by atoms with Crippen LogP contribution in [0.1, 0.15) is 71.3 Å². The zero-order chi connectivity index (χ0) is 29.4. The van der Waals surface area contributed by atoms with E-state index in [1.54, 1.807) is 19.9 Å². The van der Waals surface area contributed by atoms with E-state index in [2.05, 4.69) is 4.98 Å². The van der Waals surface area contributed by atoms with Crippen LogP contribution in [-0.4, -0.2) is 49.2 Å². The Morgan fingerprint density at radius 2 is 2.00 bits per heavy atom. The number of Topliss-reactive ketones (excluding diaryl/α,β-unsaturated/α-hetero) is 1. The molecule has 0 aliphatic carbocycles. The summed E-state index contributed by atoms with van der Waals surface area (Å²) in [7, 11) is -2.64. The number of ketones is 1. The van der Waals surface area contributed by atoms with Crippen LogP contribution in [0.2, 0.25) is 0 Å². The van der Waals surface area contributed by atoms with Gasteiger partial charge in [-0.05, 0) is 56.0 Å². The number of fused-ring (bicyclic) bond motifs is 1. The van der Waals surface area contributed by atoms with Gasteiger partial charge in [-0.3, -0.25) is 14.6 Å². The number of aryl methyl sites for hydroxylation is 1. The summed E-state index contributed by atoms with van der Waals surface area (Å²) >= 11 is 1.01. The Bertz CT molecular complexity index is 1550. The lowest BCUT2D eigenvalue weighted by molar-refractivity contribution is -0.151. The molecule has 1 aliphatic rings. The molecule has 11 heteroatoms. The van der Waals surface area contributed by atoms with E-state index in [0.717, 1.165) is 22.5 Å². The van der Waals surface area contributed by atoms with Crippen molar-refractivity contribution in [3.05, 3.63) is 75.0 Å². The lowest BCUT2D eigenvalue weighted by Gasteiger charge is -2.32. The Labute approximate surface area is 238 Å². The zero-order valence-electron chi connectivity index (χ0n) is 23.4. The summed E-state index contributed by atoms with van der Waals surface area (Å²) in [6.45, 7) is 8.73. The van der Waals surface area contributed by atoms with Crippen molar-refractivity contribution >= 4 is 33.1 Å². The zero-order valence-corrected chi connectivity index (χ0v) is 25.0. The van der Waals surface area contributed by atoms with E-state index in [9.17, 15) is 22.4 Å². The van der Waals surface area contributed by atoms with Gasteiger partial charge < -0.3 is 9.47 Å². The van der Waals surface area contributed by atoms with Gasteiger partial charge in [-0.1, -0.05) is 25.1 Å². The Morgan fingerprint density at radius 1 is 1.27 bits per heavy atom. The lowest BCUT2D eigenvalue weighted by atomic mass is 9.73. The summed E-state index contributed by atoms with van der Waals surface area (Å²) < 4.78 is 54.7. The second-order valence-electron chi connectivity index (χ2n) is 10.5. The number of carbonyl (C=O) groups is 2. The molecule has 3 heterocycles. The summed E-state index contributed by atoms with van der Waals surface area (Å²) in [6.07, 6.45) is 3.04. The van der Waals surface area contributed by atoms with Crippen LogP contribution in [0.15, 0.2) is 47.6 Å². The van der Waals surface area contributed by atoms with E-state index in [1.807, 2.05) is 32.0 Å². The van der Waals surface area contributed by atoms with Crippen molar-refractivity contribution in [2.75, 3.05) is 13.7 Å². The van der Waals surface area contributed by atoms with Crippen molar-refractivity contribution in [1.29, 1.82) is 0 Å². The number of esters is 1. The second kappa shape index (κ2) is 11.4. The van der Waals surface area contributed by atoms with Gasteiger partial charge in [-0.15, -0.1) is 11.3 Å². The predicted octanol–water partition coefficient (Wildman–Crippen LogP) is 5.49. The number of carbonyl (C=O) groups excluding carboxylic acids is 2. The van der Waals surface area contributed by atoms with Crippen molar-refractivity contribution in [3.63, 3.8) is 0 Å². The van der Waals surface area contributed by atoms with Gasteiger partial charge in [0, 0.05) is 30.5 Å². The number of ether oxygens (including phenoxy) is 2. The Balaban J connectivity index is 1.82. The van der Waals surface area contributed by atoms with Crippen molar-refractivity contribution in [2.24, 2.45) is 5.41 Å². The van der Waals surface area contributed by atoms with Crippen LogP contribution < -0.4 is 4.74 Å². The van der Waals surface area contributed by atoms with Crippen LogP contribution in [-0.2, 0) is 26.1 Å². The number of hydrogen-bond donors (Lipinski definition) is 0. The van der Waals surface area contributed by atoms with Crippen LogP contribution in [0.5, 0.6) is 5.75 Å². The molecule has 1 aromatic carbocycles. The molecule has 1 unspecified atom stereocenters. The lowest BCUT2D eigenvalue weighted by Crippen LogP contribution is -2.36. The average molecular weight is 589 g/mol. The number of pyridine rings is 1. The fraction of sp³-hybridized carbons (Fsp3) is 0.414. The SMILES string of the molecule is CC[C@@H]1CN(Cc2cc(C(c3cc(F)c(C(C)=O)s3)C(C)(C)C(=O)OC)ccc2C)S(=O)(=O)c2cnccc2O1. The molecular weight excluding hydrogens is 555 g/mol. The third-order valence-electron chi connectivity index (χ3n) is 7.32. The quantitative estimate of drug-likeness (QED) is 0.253. The van der Waals surface area contributed by atoms with Gasteiger partial charge >= 0.3 is 5.97 Å². The number of thiophene rings is 1. The molecule has 0 fully saturated rings. The first-order valence-electron chi connectivity index (χ1n) is 12.9. The third-order valence-corrected chi connectivity index (χ3v) is 10.4. The normalized spacial score (nSPS) is 17.8. The van der Waals surface area contributed by atoms with E-state index >= 15 is 0 Å². The largest absolute Gasteiger partial charge is 0.488 e. The molecule has 0 spiro atoms. The minimum absolute atomic E-state index is 0.00952. The summed E-state index contributed by atoms with van der Waals surface area (Å²) in [4.78, 5) is 29.5. The summed E-state index contributed by atoms with van der Waals surface area (Å²) in [5.74, 6) is -1.93. The van der Waals surface area contributed by atoms with Crippen LogP contribution in [0.3, 0.4) is 0 Å². The molecule has 214 valence electrons. The third kappa shape index (κ3) is 5.55. The van der Waals surface area contributed by atoms with E-state index in [-0.39, 0.29) is 34.7 Å². The smallest absolute Gasteiger partial charge is 0.312 e. The minimum atomic E-state index is -3.93. The molecule has 2 aromatic heterocycles. The molecule has 8 nitrogen and oxygen atoms in total. The van der Waals surface area contributed by atoms with Crippen molar-refractivity contribution in [2.45, 2.75) is 64.5 Å². The summed E-state index contributed by atoms with van der Waals surface area (Å²) in [6, 6.07) is 8.40. The molecule has 40 heavy (non-hydrogen) atoms. The van der Waals surface area contributed by atoms with Gasteiger partial charge in [0.2, 0.25) is 10.0 Å². The first-order chi connectivity index (χ1) is 18.8. The molecule has 2 atom stereocenters. The highest BCUT2D eigenvalue weighted by Crippen LogP contribution is 2.45. The predicted molar refractivity (Wildman–Crippen MR) is 150 cm³/mol. The monoisotopic (exact) mass is 588 g/mol. The topological polar surface area (TPSA) is 103 Å². The van der Waals surface area contributed by atoms with E-state index in [1.165, 1.54) is 36.8 Å². The molecule has 0 radical (unpaired) electrons. The fourth-order valence-corrected chi connectivity index (χ4v) is 7.78. The van der Waals surface area contributed by atoms with Gasteiger partial charge in [0.15, 0.2) is 5.78 Å². The summed E-state index contributed by atoms with van der Waals surface area (Å²) in [5.41, 5.74) is 1.11. The fourth-order valence-electron chi connectivity index (χ4n) is 5.02.